The van der Waals surface area contributed by atoms with Gasteiger partial charge in [0.2, 0.25) is 0 Å². The number of fused-ring (bicyclic) bond motifs is 1. The Hall–Kier alpha value is -2.30. The monoisotopic (exact) mass is 314 g/mol. The molecule has 0 N–H and O–H groups in total. The fourth-order valence-electron chi connectivity index (χ4n) is 2.48. The Morgan fingerprint density at radius 3 is 2.65 bits per heavy atom. The van der Waals surface area contributed by atoms with E-state index in [0.717, 1.165) is 22.3 Å². The largest absolute Gasteiger partial charge is 0.484 e. The number of likely N-dealkylation sites (tertiary alicyclic amines) is 1. The Labute approximate surface area is 136 Å². The minimum atomic E-state index is -0.472. The topological polar surface area (TPSA) is 51.7 Å². The standard InChI is InChI=1S/C18H22N2O3/c1-12-8-9-13-6-5-7-15(16(13)19-12)22-14-10-20(11-14)17(21)23-18(2,3)4/h5-9,14H,10-11H2,1-4H3. The molecule has 5 nitrogen and oxygen atoms in total. The van der Waals surface area contributed by atoms with Crippen molar-refractivity contribution >= 4 is 17.0 Å². The second kappa shape index (κ2) is 5.72. The van der Waals surface area contributed by atoms with Crippen LogP contribution in [-0.2, 0) is 4.74 Å². The molecule has 3 rings (SSSR count). The van der Waals surface area contributed by atoms with Crippen LogP contribution in [0, 0.1) is 6.92 Å². The molecule has 0 unspecified atom stereocenters. The summed E-state index contributed by atoms with van der Waals surface area (Å²) in [4.78, 5) is 18.1. The summed E-state index contributed by atoms with van der Waals surface area (Å²) in [6.45, 7) is 8.63. The predicted molar refractivity (Wildman–Crippen MR) is 88.7 cm³/mol. The molecule has 0 atom stereocenters. The van der Waals surface area contributed by atoms with Crippen molar-refractivity contribution < 1.29 is 14.3 Å². The highest BCUT2D eigenvalue weighted by atomic mass is 16.6. The van der Waals surface area contributed by atoms with Gasteiger partial charge in [-0.1, -0.05) is 18.2 Å². The maximum atomic E-state index is 11.9. The molecule has 0 bridgehead atoms. The van der Waals surface area contributed by atoms with Crippen LogP contribution < -0.4 is 4.74 Å². The van der Waals surface area contributed by atoms with E-state index in [9.17, 15) is 4.79 Å². The van der Waals surface area contributed by atoms with Gasteiger partial charge in [-0.15, -0.1) is 0 Å². The van der Waals surface area contributed by atoms with Gasteiger partial charge in [-0.3, -0.25) is 0 Å². The Morgan fingerprint density at radius 1 is 1.22 bits per heavy atom. The number of aryl methyl sites for hydroxylation is 1. The van der Waals surface area contributed by atoms with Crippen molar-refractivity contribution in [3.8, 4) is 5.75 Å². The molecule has 1 aliphatic heterocycles. The number of hydrogen-bond acceptors (Lipinski definition) is 4. The molecular weight excluding hydrogens is 292 g/mol. The van der Waals surface area contributed by atoms with Crippen LogP contribution in [0.1, 0.15) is 26.5 Å². The Kier molecular flexibility index (Phi) is 3.88. The molecule has 122 valence electrons. The molecule has 1 aliphatic rings. The number of carbonyl (C=O) groups is 1. The van der Waals surface area contributed by atoms with Crippen LogP contribution in [0.5, 0.6) is 5.75 Å². The minimum absolute atomic E-state index is 0.0181. The number of pyridine rings is 1. The van der Waals surface area contributed by atoms with Gasteiger partial charge in [0.1, 0.15) is 23.0 Å². The maximum Gasteiger partial charge on any atom is 0.410 e. The van der Waals surface area contributed by atoms with Crippen LogP contribution in [0.2, 0.25) is 0 Å². The zero-order chi connectivity index (χ0) is 16.6. The number of carbonyl (C=O) groups excluding carboxylic acids is 1. The van der Waals surface area contributed by atoms with Gasteiger partial charge < -0.3 is 14.4 Å². The minimum Gasteiger partial charge on any atom is -0.484 e. The Morgan fingerprint density at radius 2 is 1.96 bits per heavy atom. The number of nitrogens with zero attached hydrogens (tertiary/aromatic N) is 2. The van der Waals surface area contributed by atoms with Crippen molar-refractivity contribution in [1.82, 2.24) is 9.88 Å². The number of ether oxygens (including phenoxy) is 2. The summed E-state index contributed by atoms with van der Waals surface area (Å²) in [5.41, 5.74) is 1.35. The van der Waals surface area contributed by atoms with Gasteiger partial charge in [-0.05, 0) is 39.8 Å². The Bertz CT molecular complexity index is 731. The molecule has 23 heavy (non-hydrogen) atoms. The zero-order valence-corrected chi connectivity index (χ0v) is 14.0. The van der Waals surface area contributed by atoms with Crippen molar-refractivity contribution in [1.29, 1.82) is 0 Å². The van der Waals surface area contributed by atoms with Gasteiger partial charge in [0.15, 0.2) is 0 Å². The van der Waals surface area contributed by atoms with Crippen molar-refractivity contribution in [3.63, 3.8) is 0 Å². The number of hydrogen-bond donors (Lipinski definition) is 0. The van der Waals surface area contributed by atoms with Gasteiger partial charge in [0, 0.05) is 11.1 Å². The number of para-hydroxylation sites is 1. The second-order valence-electron chi connectivity index (χ2n) is 6.91. The first-order valence-corrected chi connectivity index (χ1v) is 7.83. The van der Waals surface area contributed by atoms with E-state index in [4.69, 9.17) is 9.47 Å². The predicted octanol–water partition coefficient (Wildman–Crippen LogP) is 3.54. The van der Waals surface area contributed by atoms with E-state index in [0.29, 0.717) is 13.1 Å². The average molecular weight is 314 g/mol. The molecule has 2 aromatic rings. The molecule has 1 saturated heterocycles. The van der Waals surface area contributed by atoms with Crippen molar-refractivity contribution in [2.24, 2.45) is 0 Å². The molecule has 1 aromatic carbocycles. The second-order valence-corrected chi connectivity index (χ2v) is 6.91. The van der Waals surface area contributed by atoms with Gasteiger partial charge in [0.05, 0.1) is 13.1 Å². The summed E-state index contributed by atoms with van der Waals surface area (Å²) in [6, 6.07) is 9.92. The van der Waals surface area contributed by atoms with Gasteiger partial charge >= 0.3 is 6.09 Å². The van der Waals surface area contributed by atoms with E-state index >= 15 is 0 Å². The third-order valence-corrected chi connectivity index (χ3v) is 3.62. The summed E-state index contributed by atoms with van der Waals surface area (Å²) in [6.07, 6.45) is -0.306. The highest BCUT2D eigenvalue weighted by Crippen LogP contribution is 2.27. The first-order chi connectivity index (χ1) is 10.8. The quantitative estimate of drug-likeness (QED) is 0.851. The lowest BCUT2D eigenvalue weighted by Gasteiger charge is -2.39. The molecule has 1 fully saturated rings. The molecule has 1 amide bonds. The van der Waals surface area contributed by atoms with Gasteiger partial charge in [-0.2, -0.15) is 0 Å². The highest BCUT2D eigenvalue weighted by molar-refractivity contribution is 5.84. The summed E-state index contributed by atoms with van der Waals surface area (Å²) < 4.78 is 11.4. The van der Waals surface area contributed by atoms with Gasteiger partial charge in [-0.25, -0.2) is 9.78 Å². The zero-order valence-electron chi connectivity index (χ0n) is 14.0. The number of aromatic nitrogens is 1. The van der Waals surface area contributed by atoms with E-state index in [1.165, 1.54) is 0 Å². The summed E-state index contributed by atoms with van der Waals surface area (Å²) in [5, 5.41) is 1.05. The van der Waals surface area contributed by atoms with E-state index in [1.807, 2.05) is 58.0 Å². The molecule has 2 heterocycles. The van der Waals surface area contributed by atoms with Gasteiger partial charge in [0.25, 0.3) is 0 Å². The van der Waals surface area contributed by atoms with Crippen LogP contribution in [0.25, 0.3) is 10.9 Å². The SMILES string of the molecule is Cc1ccc2cccc(OC3CN(C(=O)OC(C)(C)C)C3)c2n1. The van der Waals surface area contributed by atoms with Crippen LogP contribution >= 0.6 is 0 Å². The first kappa shape index (κ1) is 15.6. The molecule has 0 aliphatic carbocycles. The molecular formula is C18H22N2O3. The van der Waals surface area contributed by atoms with Crippen molar-refractivity contribution in [3.05, 3.63) is 36.0 Å². The van der Waals surface area contributed by atoms with E-state index < -0.39 is 5.60 Å². The average Bonchev–Trinajstić information content (AvgIpc) is 2.40. The van der Waals surface area contributed by atoms with E-state index in [2.05, 4.69) is 4.98 Å². The molecule has 0 saturated carbocycles. The third kappa shape index (κ3) is 3.55. The summed E-state index contributed by atoms with van der Waals surface area (Å²) in [5.74, 6) is 0.764. The molecule has 0 spiro atoms. The number of amides is 1. The lowest BCUT2D eigenvalue weighted by Crippen LogP contribution is -2.57. The van der Waals surface area contributed by atoms with Crippen LogP contribution in [-0.4, -0.2) is 40.8 Å². The maximum absolute atomic E-state index is 11.9. The fraction of sp³-hybridized carbons (Fsp3) is 0.444. The smallest absolute Gasteiger partial charge is 0.410 e. The van der Waals surface area contributed by atoms with Crippen LogP contribution in [0.15, 0.2) is 30.3 Å². The lowest BCUT2D eigenvalue weighted by atomic mass is 10.1. The molecule has 5 heteroatoms. The van der Waals surface area contributed by atoms with E-state index in [1.54, 1.807) is 4.90 Å². The fourth-order valence-corrected chi connectivity index (χ4v) is 2.48. The third-order valence-electron chi connectivity index (χ3n) is 3.62. The molecule has 0 radical (unpaired) electrons. The lowest BCUT2D eigenvalue weighted by molar-refractivity contribution is -0.0218. The first-order valence-electron chi connectivity index (χ1n) is 7.83. The number of benzene rings is 1. The normalized spacial score (nSPS) is 15.4. The Balaban J connectivity index is 1.64. The van der Waals surface area contributed by atoms with E-state index in [-0.39, 0.29) is 12.2 Å². The van der Waals surface area contributed by atoms with Crippen LogP contribution in [0.3, 0.4) is 0 Å². The summed E-state index contributed by atoms with van der Waals surface area (Å²) >= 11 is 0. The van der Waals surface area contributed by atoms with Crippen LogP contribution in [0.4, 0.5) is 4.79 Å². The number of rotatable bonds is 2. The van der Waals surface area contributed by atoms with Crippen molar-refractivity contribution in [2.45, 2.75) is 39.4 Å². The molecule has 1 aromatic heterocycles. The highest BCUT2D eigenvalue weighted by Gasteiger charge is 2.35. The van der Waals surface area contributed by atoms with Crippen molar-refractivity contribution in [2.75, 3.05) is 13.1 Å². The summed E-state index contributed by atoms with van der Waals surface area (Å²) in [7, 11) is 0.